The largest absolute Gasteiger partial charge is 0.360 e. The summed E-state index contributed by atoms with van der Waals surface area (Å²) >= 11 is 1.63. The van der Waals surface area contributed by atoms with Crippen molar-refractivity contribution in [2.24, 2.45) is 0 Å². The van der Waals surface area contributed by atoms with E-state index in [2.05, 4.69) is 38.9 Å². The lowest BCUT2D eigenvalue weighted by Gasteiger charge is -2.33. The first-order valence-corrected chi connectivity index (χ1v) is 10.6. The molecule has 0 saturated carbocycles. The molecule has 29 heavy (non-hydrogen) atoms. The molecule has 0 spiro atoms. The Morgan fingerprint density at radius 3 is 2.76 bits per heavy atom. The summed E-state index contributed by atoms with van der Waals surface area (Å²) in [5.74, 6) is -0.0446. The number of aromatic nitrogens is 1. The Hall–Kier alpha value is -2.35. The molecule has 0 bridgehead atoms. The van der Waals surface area contributed by atoms with Crippen LogP contribution in [0.25, 0.3) is 22.0 Å². The van der Waals surface area contributed by atoms with Crippen molar-refractivity contribution < 1.29 is 9.18 Å². The molecule has 1 fully saturated rings. The van der Waals surface area contributed by atoms with Crippen molar-refractivity contribution in [3.63, 3.8) is 0 Å². The summed E-state index contributed by atoms with van der Waals surface area (Å²) in [6.45, 7) is 3.84. The van der Waals surface area contributed by atoms with E-state index in [0.29, 0.717) is 6.54 Å². The lowest BCUT2D eigenvalue weighted by molar-refractivity contribution is -0.133. The summed E-state index contributed by atoms with van der Waals surface area (Å²) in [6, 6.07) is 13.1. The lowest BCUT2D eigenvalue weighted by Crippen LogP contribution is -2.48. The predicted octanol–water partition coefficient (Wildman–Crippen LogP) is 3.73. The van der Waals surface area contributed by atoms with Gasteiger partial charge in [0.2, 0.25) is 5.91 Å². The van der Waals surface area contributed by atoms with Crippen LogP contribution in [0.1, 0.15) is 6.42 Å². The van der Waals surface area contributed by atoms with Crippen LogP contribution < -0.4 is 5.32 Å². The smallest absolute Gasteiger partial charge is 0.237 e. The number of nitrogens with one attached hydrogen (secondary N) is 2. The van der Waals surface area contributed by atoms with Crippen molar-refractivity contribution in [2.45, 2.75) is 11.3 Å². The van der Waals surface area contributed by atoms with Gasteiger partial charge in [-0.15, -0.1) is 0 Å². The molecule has 1 aliphatic heterocycles. The molecule has 1 aromatic heterocycles. The van der Waals surface area contributed by atoms with E-state index in [0.717, 1.165) is 59.5 Å². The van der Waals surface area contributed by atoms with Crippen LogP contribution >= 0.6 is 11.9 Å². The van der Waals surface area contributed by atoms with Crippen molar-refractivity contribution in [1.82, 2.24) is 19.5 Å². The van der Waals surface area contributed by atoms with Crippen LogP contribution in [0.4, 0.5) is 4.39 Å². The molecular weight excluding hydrogens is 387 g/mol. The van der Waals surface area contributed by atoms with Gasteiger partial charge in [-0.25, -0.2) is 8.70 Å². The first kappa shape index (κ1) is 19.9. The number of hydrogen-bond acceptors (Lipinski definition) is 4. The number of fused-ring (bicyclic) bond motifs is 1. The first-order chi connectivity index (χ1) is 14.1. The highest BCUT2D eigenvalue weighted by Gasteiger charge is 2.24. The Balaban J connectivity index is 1.38. The number of hydrogen-bond donors (Lipinski definition) is 2. The van der Waals surface area contributed by atoms with E-state index in [1.165, 1.54) is 12.1 Å². The Labute approximate surface area is 174 Å². The summed E-state index contributed by atoms with van der Waals surface area (Å²) < 4.78 is 15.5. The number of aromatic amines is 1. The van der Waals surface area contributed by atoms with E-state index in [-0.39, 0.29) is 11.7 Å². The molecule has 4 rings (SSSR count). The normalized spacial score (nSPS) is 15.4. The fourth-order valence-electron chi connectivity index (χ4n) is 3.63. The minimum Gasteiger partial charge on any atom is -0.360 e. The first-order valence-electron chi connectivity index (χ1n) is 9.86. The van der Waals surface area contributed by atoms with Gasteiger partial charge in [-0.1, -0.05) is 12.1 Å². The number of benzene rings is 2. The topological polar surface area (TPSA) is 51.4 Å². The molecule has 1 aliphatic rings. The molecule has 2 heterocycles. The Bertz CT molecular complexity index is 988. The number of H-pyrrole nitrogens is 1. The van der Waals surface area contributed by atoms with Gasteiger partial charge < -0.3 is 15.2 Å². The molecule has 152 valence electrons. The van der Waals surface area contributed by atoms with Gasteiger partial charge in [0.15, 0.2) is 0 Å². The van der Waals surface area contributed by atoms with Crippen molar-refractivity contribution in [3.8, 4) is 11.1 Å². The van der Waals surface area contributed by atoms with Gasteiger partial charge in [-0.05, 0) is 67.9 Å². The SMILES string of the molecule is CNCCCN1CCN(Sc2ccc(-c3c[nH]c4cc(F)ccc34)cc2)CC1=O. The lowest BCUT2D eigenvalue weighted by atomic mass is 10.1. The molecule has 0 atom stereocenters. The maximum absolute atomic E-state index is 13.4. The maximum atomic E-state index is 13.4. The standard InChI is InChI=1S/C22H25FN4OS/c1-24-9-2-10-26-11-12-27(15-22(26)28)29-18-6-3-16(4-7-18)20-14-25-21-13-17(23)5-8-19(20)21/h3-8,13-14,24-25H,2,9-12,15H2,1H3. The minimum absolute atomic E-state index is 0.197. The third kappa shape index (κ3) is 4.63. The number of carbonyl (C=O) groups is 1. The van der Waals surface area contributed by atoms with Crippen LogP contribution in [0, 0.1) is 5.82 Å². The third-order valence-electron chi connectivity index (χ3n) is 5.18. The van der Waals surface area contributed by atoms with Gasteiger partial charge in [0.1, 0.15) is 5.82 Å². The molecule has 5 nitrogen and oxygen atoms in total. The van der Waals surface area contributed by atoms with Gasteiger partial charge in [0.05, 0.1) is 6.54 Å². The van der Waals surface area contributed by atoms with E-state index in [1.54, 1.807) is 18.0 Å². The zero-order chi connectivity index (χ0) is 20.2. The van der Waals surface area contributed by atoms with Gasteiger partial charge in [-0.3, -0.25) is 4.79 Å². The zero-order valence-electron chi connectivity index (χ0n) is 16.5. The van der Waals surface area contributed by atoms with E-state index < -0.39 is 0 Å². The molecule has 2 N–H and O–H groups in total. The Kier molecular flexibility index (Phi) is 6.18. The predicted molar refractivity (Wildman–Crippen MR) is 116 cm³/mol. The van der Waals surface area contributed by atoms with E-state index in [9.17, 15) is 9.18 Å². The molecule has 3 aromatic rings. The second-order valence-electron chi connectivity index (χ2n) is 7.21. The van der Waals surface area contributed by atoms with Crippen LogP contribution in [-0.2, 0) is 4.79 Å². The molecule has 7 heteroatoms. The maximum Gasteiger partial charge on any atom is 0.237 e. The second-order valence-corrected chi connectivity index (χ2v) is 8.38. The average Bonchev–Trinajstić information content (AvgIpc) is 3.13. The third-order valence-corrected chi connectivity index (χ3v) is 6.23. The number of halogens is 1. The van der Waals surface area contributed by atoms with Crippen LogP contribution in [0.5, 0.6) is 0 Å². The quantitative estimate of drug-likeness (QED) is 0.459. The van der Waals surface area contributed by atoms with Crippen molar-refractivity contribution >= 4 is 28.8 Å². The van der Waals surface area contributed by atoms with Crippen molar-refractivity contribution in [3.05, 3.63) is 54.5 Å². The molecule has 2 aromatic carbocycles. The minimum atomic E-state index is -0.241. The highest BCUT2D eigenvalue weighted by molar-refractivity contribution is 7.97. The second kappa shape index (κ2) is 8.98. The van der Waals surface area contributed by atoms with E-state index >= 15 is 0 Å². The summed E-state index contributed by atoms with van der Waals surface area (Å²) in [5, 5.41) is 4.13. The Morgan fingerprint density at radius 1 is 1.17 bits per heavy atom. The molecule has 1 saturated heterocycles. The highest BCUT2D eigenvalue weighted by atomic mass is 32.2. The van der Waals surface area contributed by atoms with Crippen LogP contribution in [0.3, 0.4) is 0 Å². The van der Waals surface area contributed by atoms with Crippen LogP contribution in [0.2, 0.25) is 0 Å². The van der Waals surface area contributed by atoms with E-state index in [4.69, 9.17) is 0 Å². The van der Waals surface area contributed by atoms with Crippen molar-refractivity contribution in [2.75, 3.05) is 39.8 Å². The number of nitrogens with zero attached hydrogens (tertiary/aromatic N) is 2. The zero-order valence-corrected chi connectivity index (χ0v) is 17.3. The summed E-state index contributed by atoms with van der Waals surface area (Å²) in [6.07, 6.45) is 2.90. The van der Waals surface area contributed by atoms with Crippen molar-refractivity contribution in [1.29, 1.82) is 0 Å². The monoisotopic (exact) mass is 412 g/mol. The van der Waals surface area contributed by atoms with Crippen LogP contribution in [0.15, 0.2) is 53.6 Å². The number of amides is 1. The summed E-state index contributed by atoms with van der Waals surface area (Å²) in [7, 11) is 1.93. The molecule has 0 unspecified atom stereocenters. The fourth-order valence-corrected chi connectivity index (χ4v) is 4.53. The Morgan fingerprint density at radius 2 is 2.00 bits per heavy atom. The molecule has 0 radical (unpaired) electrons. The van der Waals surface area contributed by atoms with Gasteiger partial charge >= 0.3 is 0 Å². The molecule has 1 amide bonds. The summed E-state index contributed by atoms with van der Waals surface area (Å²) in [4.78, 5) is 18.6. The van der Waals surface area contributed by atoms with E-state index in [1.807, 2.05) is 18.1 Å². The number of piperazine rings is 1. The fraction of sp³-hybridized carbons (Fsp3) is 0.318. The van der Waals surface area contributed by atoms with Gasteiger partial charge in [0, 0.05) is 47.2 Å². The molecular formula is C22H25FN4OS. The number of carbonyl (C=O) groups excluding carboxylic acids is 1. The van der Waals surface area contributed by atoms with Gasteiger partial charge in [-0.2, -0.15) is 0 Å². The molecule has 0 aliphatic carbocycles. The average molecular weight is 413 g/mol. The number of rotatable bonds is 7. The van der Waals surface area contributed by atoms with Crippen LogP contribution in [-0.4, -0.2) is 59.9 Å². The highest BCUT2D eigenvalue weighted by Crippen LogP contribution is 2.31. The summed E-state index contributed by atoms with van der Waals surface area (Å²) in [5.41, 5.74) is 2.93. The van der Waals surface area contributed by atoms with Gasteiger partial charge in [0.25, 0.3) is 0 Å².